The molecular formula is C23H19BrN6OS. The number of thioether (sulfide) groups is 1. The van der Waals surface area contributed by atoms with Crippen molar-refractivity contribution in [2.75, 3.05) is 5.75 Å². The molecule has 0 aliphatic heterocycles. The van der Waals surface area contributed by atoms with Crippen molar-refractivity contribution < 1.29 is 4.79 Å². The highest BCUT2D eigenvalue weighted by atomic mass is 79.9. The number of pyridine rings is 1. The second-order valence-electron chi connectivity index (χ2n) is 6.74. The number of benzene rings is 2. The number of carbonyl (C=O) groups is 1. The van der Waals surface area contributed by atoms with Gasteiger partial charge in [-0.05, 0) is 48.9 Å². The number of hydrazone groups is 1. The number of rotatable bonds is 7. The van der Waals surface area contributed by atoms with Crippen LogP contribution < -0.4 is 5.43 Å². The van der Waals surface area contributed by atoms with E-state index in [1.807, 2.05) is 78.2 Å². The fourth-order valence-corrected chi connectivity index (χ4v) is 3.94. The SMILES string of the molecule is CC(=NNC(=O)CSc1nnc(-c2ccncc2)n1-c1ccc(Br)cc1)c1ccccc1. The molecule has 160 valence electrons. The number of hydrogen-bond acceptors (Lipinski definition) is 6. The molecule has 0 aliphatic rings. The Morgan fingerprint density at radius 3 is 2.47 bits per heavy atom. The Morgan fingerprint density at radius 1 is 1.03 bits per heavy atom. The van der Waals surface area contributed by atoms with Crippen molar-refractivity contribution in [1.82, 2.24) is 25.2 Å². The molecule has 0 saturated carbocycles. The van der Waals surface area contributed by atoms with Crippen molar-refractivity contribution in [3.05, 3.63) is 89.2 Å². The van der Waals surface area contributed by atoms with Gasteiger partial charge in [-0.15, -0.1) is 10.2 Å². The highest BCUT2D eigenvalue weighted by Gasteiger charge is 2.17. The molecule has 4 rings (SSSR count). The third kappa shape index (κ3) is 5.30. The van der Waals surface area contributed by atoms with Crippen molar-refractivity contribution in [2.45, 2.75) is 12.1 Å². The van der Waals surface area contributed by atoms with Gasteiger partial charge in [0.05, 0.1) is 11.5 Å². The standard InChI is InChI=1S/C23H19BrN6OS/c1-16(17-5-3-2-4-6-17)26-27-21(31)15-32-23-29-28-22(18-11-13-25-14-12-18)30(23)20-9-7-19(24)8-10-20/h2-14H,15H2,1H3,(H,27,31). The minimum atomic E-state index is -0.221. The molecule has 1 amide bonds. The summed E-state index contributed by atoms with van der Waals surface area (Å²) in [6.07, 6.45) is 3.42. The molecular weight excluding hydrogens is 488 g/mol. The molecule has 0 saturated heterocycles. The van der Waals surface area contributed by atoms with Crippen LogP contribution in [0.25, 0.3) is 17.1 Å². The van der Waals surface area contributed by atoms with Crippen LogP contribution in [0.1, 0.15) is 12.5 Å². The molecule has 2 heterocycles. The van der Waals surface area contributed by atoms with Crippen LogP contribution in [0.4, 0.5) is 0 Å². The summed E-state index contributed by atoms with van der Waals surface area (Å²) in [5.74, 6) is 0.605. The van der Waals surface area contributed by atoms with Gasteiger partial charge >= 0.3 is 0 Å². The van der Waals surface area contributed by atoms with Crippen LogP contribution in [-0.2, 0) is 4.79 Å². The molecule has 0 atom stereocenters. The van der Waals surface area contributed by atoms with Gasteiger partial charge in [0.2, 0.25) is 0 Å². The van der Waals surface area contributed by atoms with E-state index in [0.717, 1.165) is 27.0 Å². The number of amides is 1. The Balaban J connectivity index is 1.53. The van der Waals surface area contributed by atoms with E-state index in [9.17, 15) is 4.79 Å². The first-order valence-electron chi connectivity index (χ1n) is 9.75. The lowest BCUT2D eigenvalue weighted by atomic mass is 10.1. The number of nitrogens with one attached hydrogen (secondary N) is 1. The Morgan fingerprint density at radius 2 is 1.75 bits per heavy atom. The van der Waals surface area contributed by atoms with Gasteiger partial charge in [-0.2, -0.15) is 5.10 Å². The minimum absolute atomic E-state index is 0.149. The molecule has 0 radical (unpaired) electrons. The molecule has 2 aromatic heterocycles. The van der Waals surface area contributed by atoms with E-state index < -0.39 is 0 Å². The summed E-state index contributed by atoms with van der Waals surface area (Å²) in [5, 5.41) is 13.5. The normalized spacial score (nSPS) is 11.4. The Hall–Kier alpha value is -3.30. The molecule has 9 heteroatoms. The smallest absolute Gasteiger partial charge is 0.250 e. The monoisotopic (exact) mass is 506 g/mol. The topological polar surface area (TPSA) is 85.1 Å². The molecule has 32 heavy (non-hydrogen) atoms. The van der Waals surface area contributed by atoms with E-state index in [1.165, 1.54) is 11.8 Å². The van der Waals surface area contributed by atoms with Crippen molar-refractivity contribution in [3.8, 4) is 17.1 Å². The molecule has 4 aromatic rings. The third-order valence-electron chi connectivity index (χ3n) is 4.53. The zero-order valence-electron chi connectivity index (χ0n) is 17.1. The van der Waals surface area contributed by atoms with Gasteiger partial charge < -0.3 is 0 Å². The van der Waals surface area contributed by atoms with Gasteiger partial charge in [-0.1, -0.05) is 58.0 Å². The third-order valence-corrected chi connectivity index (χ3v) is 5.99. The molecule has 0 bridgehead atoms. The second kappa shape index (κ2) is 10.3. The van der Waals surface area contributed by atoms with Crippen LogP contribution in [0, 0.1) is 0 Å². The van der Waals surface area contributed by atoms with Crippen LogP contribution in [0.2, 0.25) is 0 Å². The molecule has 0 unspecified atom stereocenters. The zero-order valence-corrected chi connectivity index (χ0v) is 19.5. The lowest BCUT2D eigenvalue weighted by molar-refractivity contribution is -0.118. The summed E-state index contributed by atoms with van der Waals surface area (Å²) >= 11 is 4.76. The Bertz CT molecular complexity index is 1230. The summed E-state index contributed by atoms with van der Waals surface area (Å²) < 4.78 is 2.90. The average molecular weight is 507 g/mol. The van der Waals surface area contributed by atoms with Crippen molar-refractivity contribution in [1.29, 1.82) is 0 Å². The second-order valence-corrected chi connectivity index (χ2v) is 8.60. The predicted octanol–water partition coefficient (Wildman–Crippen LogP) is 4.72. The predicted molar refractivity (Wildman–Crippen MR) is 130 cm³/mol. The molecule has 0 fully saturated rings. The molecule has 7 nitrogen and oxygen atoms in total. The van der Waals surface area contributed by atoms with Crippen LogP contribution in [0.3, 0.4) is 0 Å². The number of nitrogens with zero attached hydrogens (tertiary/aromatic N) is 5. The van der Waals surface area contributed by atoms with Crippen LogP contribution in [0.5, 0.6) is 0 Å². The summed E-state index contributed by atoms with van der Waals surface area (Å²) in [6, 6.07) is 21.3. The van der Waals surface area contributed by atoms with Gasteiger partial charge in [0, 0.05) is 28.1 Å². The van der Waals surface area contributed by atoms with Gasteiger partial charge in [-0.3, -0.25) is 14.3 Å². The minimum Gasteiger partial charge on any atom is -0.272 e. The first-order chi connectivity index (χ1) is 15.6. The van der Waals surface area contributed by atoms with Gasteiger partial charge in [-0.25, -0.2) is 5.43 Å². The molecule has 0 aliphatic carbocycles. The summed E-state index contributed by atoms with van der Waals surface area (Å²) in [6.45, 7) is 1.86. The number of aromatic nitrogens is 4. The highest BCUT2D eigenvalue weighted by molar-refractivity contribution is 9.10. The molecule has 0 spiro atoms. The van der Waals surface area contributed by atoms with Gasteiger partial charge in [0.1, 0.15) is 0 Å². The van der Waals surface area contributed by atoms with E-state index >= 15 is 0 Å². The summed E-state index contributed by atoms with van der Waals surface area (Å²) in [5.41, 5.74) is 6.08. The largest absolute Gasteiger partial charge is 0.272 e. The van der Waals surface area contributed by atoms with Crippen LogP contribution >= 0.6 is 27.7 Å². The molecule has 2 aromatic carbocycles. The first-order valence-corrected chi connectivity index (χ1v) is 11.5. The van der Waals surface area contributed by atoms with Crippen LogP contribution in [-0.4, -0.2) is 37.1 Å². The number of halogens is 1. The van der Waals surface area contributed by atoms with E-state index in [2.05, 4.69) is 41.6 Å². The van der Waals surface area contributed by atoms with E-state index in [-0.39, 0.29) is 11.7 Å². The van der Waals surface area contributed by atoms with Crippen molar-refractivity contribution in [2.24, 2.45) is 5.10 Å². The van der Waals surface area contributed by atoms with Gasteiger partial charge in [0.25, 0.3) is 5.91 Å². The van der Waals surface area contributed by atoms with E-state index in [0.29, 0.717) is 11.0 Å². The van der Waals surface area contributed by atoms with Crippen molar-refractivity contribution in [3.63, 3.8) is 0 Å². The average Bonchev–Trinajstić information content (AvgIpc) is 3.27. The highest BCUT2D eigenvalue weighted by Crippen LogP contribution is 2.28. The maximum Gasteiger partial charge on any atom is 0.250 e. The number of hydrogen-bond donors (Lipinski definition) is 1. The maximum absolute atomic E-state index is 12.4. The maximum atomic E-state index is 12.4. The lowest BCUT2D eigenvalue weighted by Crippen LogP contribution is -2.21. The van der Waals surface area contributed by atoms with E-state index in [4.69, 9.17) is 0 Å². The quantitative estimate of drug-likeness (QED) is 0.222. The van der Waals surface area contributed by atoms with Crippen molar-refractivity contribution >= 4 is 39.3 Å². The van der Waals surface area contributed by atoms with Crippen LogP contribution in [0.15, 0.2) is 93.9 Å². The Kier molecular flexibility index (Phi) is 7.08. The Labute approximate surface area is 198 Å². The summed E-state index contributed by atoms with van der Waals surface area (Å²) in [7, 11) is 0. The van der Waals surface area contributed by atoms with Gasteiger partial charge in [0.15, 0.2) is 11.0 Å². The first kappa shape index (κ1) is 21.9. The summed E-state index contributed by atoms with van der Waals surface area (Å²) in [4.78, 5) is 16.5. The lowest BCUT2D eigenvalue weighted by Gasteiger charge is -2.10. The van der Waals surface area contributed by atoms with E-state index in [1.54, 1.807) is 12.4 Å². The fourth-order valence-electron chi connectivity index (χ4n) is 2.93. The zero-order chi connectivity index (χ0) is 22.3. The molecule has 1 N–H and O–H groups in total. The fraction of sp³-hybridized carbons (Fsp3) is 0.0870. The number of carbonyl (C=O) groups excluding carboxylic acids is 1.